The van der Waals surface area contributed by atoms with Crippen LogP contribution in [0, 0.1) is 5.41 Å². The minimum absolute atomic E-state index is 0. The molecule has 8 heteroatoms. The molecule has 6 N–H and O–H groups in total. The minimum atomic E-state index is -0.357. The lowest BCUT2D eigenvalue weighted by Gasteiger charge is -2.12. The van der Waals surface area contributed by atoms with E-state index in [1.807, 2.05) is 18.2 Å². The molecule has 0 radical (unpaired) electrons. The Morgan fingerprint density at radius 1 is 1.41 bits per heavy atom. The Hall–Kier alpha value is -2.25. The highest BCUT2D eigenvalue weighted by Crippen LogP contribution is 2.22. The number of benzene rings is 1. The van der Waals surface area contributed by atoms with E-state index in [9.17, 15) is 4.79 Å². The Kier molecular flexibility index (Phi) is 6.21. The Bertz CT molecular complexity index is 670. The van der Waals surface area contributed by atoms with Crippen molar-refractivity contribution in [1.29, 1.82) is 5.41 Å². The zero-order valence-corrected chi connectivity index (χ0v) is 13.1. The first-order valence-corrected chi connectivity index (χ1v) is 6.60. The van der Waals surface area contributed by atoms with Gasteiger partial charge in [0, 0.05) is 24.0 Å². The van der Waals surface area contributed by atoms with Crippen molar-refractivity contribution in [1.82, 2.24) is 9.88 Å². The summed E-state index contributed by atoms with van der Waals surface area (Å²) in [6.07, 6.45) is 0.788. The number of fused-ring (bicyclic) bond motifs is 1. The van der Waals surface area contributed by atoms with Crippen molar-refractivity contribution >= 4 is 35.2 Å². The minimum Gasteiger partial charge on any atom is -0.493 e. The van der Waals surface area contributed by atoms with Crippen molar-refractivity contribution < 1.29 is 9.53 Å². The maximum atomic E-state index is 12.1. The molecule has 0 bridgehead atoms. The molecule has 0 aliphatic rings. The molecule has 22 heavy (non-hydrogen) atoms. The van der Waals surface area contributed by atoms with Crippen LogP contribution in [0.2, 0.25) is 0 Å². The fourth-order valence-electron chi connectivity index (χ4n) is 1.87. The van der Waals surface area contributed by atoms with E-state index in [0.717, 1.165) is 28.0 Å². The van der Waals surface area contributed by atoms with Crippen LogP contribution in [0.3, 0.4) is 0 Å². The van der Waals surface area contributed by atoms with Crippen molar-refractivity contribution in [3.8, 4) is 5.75 Å². The number of nitrogens with zero attached hydrogens (tertiary/aromatic N) is 1. The van der Waals surface area contributed by atoms with Gasteiger partial charge in [-0.25, -0.2) is 0 Å². The van der Waals surface area contributed by atoms with Gasteiger partial charge in [-0.05, 0) is 31.2 Å². The lowest BCUT2D eigenvalue weighted by Crippen LogP contribution is -2.38. The Morgan fingerprint density at radius 2 is 2.14 bits per heavy atom. The van der Waals surface area contributed by atoms with E-state index >= 15 is 0 Å². The number of carbonyl (C=O) groups excluding carboxylic acids is 1. The zero-order valence-electron chi connectivity index (χ0n) is 12.3. The van der Waals surface area contributed by atoms with Crippen molar-refractivity contribution in [2.45, 2.75) is 6.42 Å². The molecular weight excluding hydrogens is 306 g/mol. The van der Waals surface area contributed by atoms with E-state index in [0.29, 0.717) is 18.8 Å². The van der Waals surface area contributed by atoms with Gasteiger partial charge in [-0.3, -0.25) is 15.1 Å². The summed E-state index contributed by atoms with van der Waals surface area (Å²) >= 11 is 0. The number of rotatable bonds is 5. The largest absolute Gasteiger partial charge is 0.493 e. The average Bonchev–Trinajstić information content (AvgIpc) is 2.89. The van der Waals surface area contributed by atoms with Gasteiger partial charge in [0.25, 0.3) is 5.91 Å². The van der Waals surface area contributed by atoms with Gasteiger partial charge >= 0.3 is 0 Å². The fraction of sp³-hybridized carbons (Fsp3) is 0.286. The molecule has 0 spiro atoms. The standard InChI is InChI=1S/C14H19N5O2.ClH/c1-19(14(16)17)13(20)12-7-9-3-4-10(8-11(9)18-12)21-6-2-5-15;/h3-4,7-8,18H,2,5-6,15H2,1H3,(H3,16,17);1H. The maximum absolute atomic E-state index is 12.1. The van der Waals surface area contributed by atoms with Gasteiger partial charge in [-0.15, -0.1) is 12.4 Å². The van der Waals surface area contributed by atoms with Crippen LogP contribution >= 0.6 is 12.4 Å². The van der Waals surface area contributed by atoms with Gasteiger partial charge in [-0.1, -0.05) is 0 Å². The Balaban J connectivity index is 0.00000242. The number of nitrogens with one attached hydrogen (secondary N) is 2. The molecule has 0 aliphatic heterocycles. The summed E-state index contributed by atoms with van der Waals surface area (Å²) in [5.74, 6) is 0.0606. The fourth-order valence-corrected chi connectivity index (χ4v) is 1.87. The van der Waals surface area contributed by atoms with E-state index in [1.165, 1.54) is 7.05 Å². The highest BCUT2D eigenvalue weighted by Gasteiger charge is 2.16. The molecule has 1 aromatic carbocycles. The molecule has 0 fully saturated rings. The summed E-state index contributed by atoms with van der Waals surface area (Å²) in [6.45, 7) is 1.14. The second kappa shape index (κ2) is 7.67. The quantitative estimate of drug-likeness (QED) is 0.376. The lowest BCUT2D eigenvalue weighted by atomic mass is 10.2. The van der Waals surface area contributed by atoms with Gasteiger partial charge in [-0.2, -0.15) is 0 Å². The zero-order chi connectivity index (χ0) is 15.4. The second-order valence-electron chi connectivity index (χ2n) is 4.67. The molecule has 7 nitrogen and oxygen atoms in total. The molecule has 0 aliphatic carbocycles. The molecule has 1 amide bonds. The predicted octanol–water partition coefficient (Wildman–Crippen LogP) is 1.28. The number of guanidine groups is 1. The van der Waals surface area contributed by atoms with E-state index < -0.39 is 0 Å². The van der Waals surface area contributed by atoms with Crippen LogP contribution in [0.15, 0.2) is 24.3 Å². The molecule has 0 atom stereocenters. The van der Waals surface area contributed by atoms with E-state index in [4.69, 9.17) is 21.6 Å². The van der Waals surface area contributed by atoms with Crippen LogP contribution in [-0.4, -0.2) is 41.9 Å². The number of aromatic amines is 1. The van der Waals surface area contributed by atoms with Crippen molar-refractivity contribution in [3.63, 3.8) is 0 Å². The van der Waals surface area contributed by atoms with Gasteiger partial charge in [0.2, 0.25) is 0 Å². The van der Waals surface area contributed by atoms with Crippen LogP contribution in [0.4, 0.5) is 0 Å². The first-order chi connectivity index (χ1) is 10.0. The van der Waals surface area contributed by atoms with E-state index in [-0.39, 0.29) is 24.3 Å². The first kappa shape index (κ1) is 17.8. The lowest BCUT2D eigenvalue weighted by molar-refractivity contribution is 0.0864. The number of H-pyrrole nitrogens is 1. The van der Waals surface area contributed by atoms with Crippen LogP contribution in [0.25, 0.3) is 10.9 Å². The van der Waals surface area contributed by atoms with Crippen LogP contribution in [0.1, 0.15) is 16.9 Å². The third-order valence-corrected chi connectivity index (χ3v) is 3.11. The van der Waals surface area contributed by atoms with E-state index in [1.54, 1.807) is 6.07 Å². The normalized spacial score (nSPS) is 10.1. The summed E-state index contributed by atoms with van der Waals surface area (Å²) in [5, 5.41) is 8.17. The molecule has 0 unspecified atom stereocenters. The van der Waals surface area contributed by atoms with Gasteiger partial charge in [0.15, 0.2) is 5.96 Å². The summed E-state index contributed by atoms with van der Waals surface area (Å²) in [4.78, 5) is 16.2. The van der Waals surface area contributed by atoms with Gasteiger partial charge in [0.05, 0.1) is 6.61 Å². The number of amides is 1. The number of nitrogens with two attached hydrogens (primary N) is 2. The molecule has 2 rings (SSSR count). The van der Waals surface area contributed by atoms with Crippen LogP contribution < -0.4 is 16.2 Å². The summed E-state index contributed by atoms with van der Waals surface area (Å²) in [6, 6.07) is 7.26. The smallest absolute Gasteiger partial charge is 0.276 e. The monoisotopic (exact) mass is 325 g/mol. The topological polar surface area (TPSA) is 121 Å². The molecule has 0 saturated carbocycles. The number of carbonyl (C=O) groups is 1. The summed E-state index contributed by atoms with van der Waals surface area (Å²) in [7, 11) is 1.46. The number of hydrogen-bond donors (Lipinski definition) is 4. The number of aromatic nitrogens is 1. The predicted molar refractivity (Wildman–Crippen MR) is 88.7 cm³/mol. The second-order valence-corrected chi connectivity index (χ2v) is 4.67. The highest BCUT2D eigenvalue weighted by molar-refractivity contribution is 6.05. The van der Waals surface area contributed by atoms with Crippen LogP contribution in [0.5, 0.6) is 5.75 Å². The third kappa shape index (κ3) is 3.90. The number of hydrogen-bond acceptors (Lipinski definition) is 4. The van der Waals surface area contributed by atoms with E-state index in [2.05, 4.69) is 4.98 Å². The molecule has 120 valence electrons. The van der Waals surface area contributed by atoms with Crippen molar-refractivity contribution in [3.05, 3.63) is 30.0 Å². The van der Waals surface area contributed by atoms with Crippen molar-refractivity contribution in [2.75, 3.05) is 20.2 Å². The maximum Gasteiger partial charge on any atom is 0.276 e. The average molecular weight is 326 g/mol. The number of halogens is 1. The number of ether oxygens (including phenoxy) is 1. The SMILES string of the molecule is CN(C(=N)N)C(=O)c1cc2ccc(OCCCN)cc2[nH]1.Cl. The van der Waals surface area contributed by atoms with Crippen LogP contribution in [-0.2, 0) is 0 Å². The third-order valence-electron chi connectivity index (χ3n) is 3.11. The molecule has 1 heterocycles. The summed E-state index contributed by atoms with van der Waals surface area (Å²) in [5.41, 5.74) is 11.9. The van der Waals surface area contributed by atoms with Gasteiger partial charge < -0.3 is 21.2 Å². The van der Waals surface area contributed by atoms with Gasteiger partial charge in [0.1, 0.15) is 11.4 Å². The molecular formula is C14H20ClN5O2. The Labute approximate surface area is 134 Å². The highest BCUT2D eigenvalue weighted by atomic mass is 35.5. The molecule has 1 aromatic heterocycles. The molecule has 0 saturated heterocycles. The first-order valence-electron chi connectivity index (χ1n) is 6.60. The van der Waals surface area contributed by atoms with Crippen molar-refractivity contribution in [2.24, 2.45) is 11.5 Å². The Morgan fingerprint density at radius 3 is 2.77 bits per heavy atom. The summed E-state index contributed by atoms with van der Waals surface area (Å²) < 4.78 is 5.56. The molecule has 2 aromatic rings.